The van der Waals surface area contributed by atoms with Crippen molar-refractivity contribution in [1.29, 1.82) is 0 Å². The minimum Gasteiger partial charge on any atom is -0.561 e. The number of hydrazone groups is 2. The fourth-order valence-electron chi connectivity index (χ4n) is 1.98. The Morgan fingerprint density at radius 1 is 1.17 bits per heavy atom. The maximum absolute atomic E-state index is 11.8. The lowest BCUT2D eigenvalue weighted by molar-refractivity contribution is -1.05. The second kappa shape index (κ2) is 3.80. The van der Waals surface area contributed by atoms with Gasteiger partial charge < -0.3 is 10.4 Å². The molecule has 0 radical (unpaired) electrons. The van der Waals surface area contributed by atoms with Crippen molar-refractivity contribution < 1.29 is 14.6 Å². The van der Waals surface area contributed by atoms with Crippen LogP contribution in [0.15, 0.2) is 30.3 Å². The first kappa shape index (κ1) is 12.0. The van der Waals surface area contributed by atoms with E-state index in [1.54, 1.807) is 30.3 Å². The first-order valence-electron chi connectivity index (χ1n) is 5.26. The van der Waals surface area contributed by atoms with Crippen molar-refractivity contribution in [3.8, 4) is 0 Å². The second-order valence-electron chi connectivity index (χ2n) is 4.18. The van der Waals surface area contributed by atoms with E-state index in [1.165, 1.54) is 13.8 Å². The molecule has 1 aliphatic heterocycles. The number of nitrogens with zero attached hydrogens (tertiary/aromatic N) is 3. The molecule has 1 heterocycles. The fraction of sp³-hybridized carbons (Fsp3) is 0.273. The summed E-state index contributed by atoms with van der Waals surface area (Å²) >= 11 is 0. The van der Waals surface area contributed by atoms with Crippen molar-refractivity contribution in [3.63, 3.8) is 0 Å². The van der Waals surface area contributed by atoms with Gasteiger partial charge in [0.05, 0.1) is 15.3 Å². The third-order valence-electron chi connectivity index (χ3n) is 3.22. The Labute approximate surface area is 103 Å². The van der Waals surface area contributed by atoms with Gasteiger partial charge in [0.1, 0.15) is 0 Å². The standard InChI is InChI=1S/C11H11N3O4/c1-8-11(2,14(17)18)10(13(16)12(8)15)9-6-4-3-5-7-9/h3-7H,1-2H3. The van der Waals surface area contributed by atoms with Crippen LogP contribution < -0.4 is 0 Å². The molecule has 94 valence electrons. The molecule has 2 rings (SSSR count). The molecule has 0 saturated heterocycles. The third kappa shape index (κ3) is 1.37. The second-order valence-corrected chi connectivity index (χ2v) is 4.18. The van der Waals surface area contributed by atoms with E-state index in [0.29, 0.717) is 5.56 Å². The summed E-state index contributed by atoms with van der Waals surface area (Å²) in [6, 6.07) is 8.16. The summed E-state index contributed by atoms with van der Waals surface area (Å²) < 4.78 is 0. The van der Waals surface area contributed by atoms with E-state index in [1.807, 2.05) is 0 Å². The number of rotatable bonds is 2. The van der Waals surface area contributed by atoms with E-state index in [0.717, 1.165) is 0 Å². The zero-order valence-corrected chi connectivity index (χ0v) is 9.86. The minimum atomic E-state index is -1.80. The summed E-state index contributed by atoms with van der Waals surface area (Å²) in [5.41, 5.74) is -1.75. The van der Waals surface area contributed by atoms with Gasteiger partial charge in [0.25, 0.3) is 0 Å². The van der Waals surface area contributed by atoms with Gasteiger partial charge in [-0.1, -0.05) is 18.2 Å². The minimum absolute atomic E-state index is 0.0190. The van der Waals surface area contributed by atoms with E-state index in [-0.39, 0.29) is 21.1 Å². The van der Waals surface area contributed by atoms with E-state index in [2.05, 4.69) is 0 Å². The Hall–Kier alpha value is -2.44. The average molecular weight is 249 g/mol. The Bertz CT molecular complexity index is 579. The molecular formula is C11H11N3O4. The molecule has 7 nitrogen and oxygen atoms in total. The van der Waals surface area contributed by atoms with Crippen molar-refractivity contribution in [2.45, 2.75) is 19.4 Å². The van der Waals surface area contributed by atoms with E-state index in [4.69, 9.17) is 0 Å². The van der Waals surface area contributed by atoms with Crippen LogP contribution in [-0.2, 0) is 0 Å². The molecule has 0 spiro atoms. The van der Waals surface area contributed by atoms with E-state index >= 15 is 0 Å². The van der Waals surface area contributed by atoms with Crippen LogP contribution in [0.2, 0.25) is 0 Å². The molecular weight excluding hydrogens is 238 g/mol. The topological polar surface area (TPSA) is 95.3 Å². The van der Waals surface area contributed by atoms with Gasteiger partial charge in [-0.2, -0.15) is 0 Å². The molecule has 7 heteroatoms. The largest absolute Gasteiger partial charge is 0.561 e. The zero-order chi connectivity index (χ0) is 13.5. The predicted octanol–water partition coefficient (Wildman–Crippen LogP) is 0.921. The molecule has 0 amide bonds. The Morgan fingerprint density at radius 2 is 1.72 bits per heavy atom. The normalized spacial score (nSPS) is 23.7. The van der Waals surface area contributed by atoms with Crippen LogP contribution in [0.1, 0.15) is 19.4 Å². The summed E-state index contributed by atoms with van der Waals surface area (Å²) in [5, 5.41) is 34.6. The van der Waals surface area contributed by atoms with Crippen LogP contribution in [-0.4, -0.2) is 31.6 Å². The summed E-state index contributed by atoms with van der Waals surface area (Å²) in [4.78, 5) is 10.7. The molecule has 1 aliphatic rings. The monoisotopic (exact) mass is 249 g/mol. The maximum atomic E-state index is 11.8. The first-order valence-corrected chi connectivity index (χ1v) is 5.26. The number of nitro groups is 1. The highest BCUT2D eigenvalue weighted by Crippen LogP contribution is 2.24. The quantitative estimate of drug-likeness (QED) is 0.337. The highest BCUT2D eigenvalue weighted by molar-refractivity contribution is 6.18. The lowest BCUT2D eigenvalue weighted by Crippen LogP contribution is -2.49. The van der Waals surface area contributed by atoms with Crippen molar-refractivity contribution in [2.24, 2.45) is 0 Å². The van der Waals surface area contributed by atoms with Crippen molar-refractivity contribution in [3.05, 3.63) is 56.4 Å². The maximum Gasteiger partial charge on any atom is 0.394 e. The lowest BCUT2D eigenvalue weighted by Gasteiger charge is -2.09. The number of hydrogen-bond donors (Lipinski definition) is 0. The molecule has 0 fully saturated rings. The molecule has 1 aromatic rings. The van der Waals surface area contributed by atoms with Crippen LogP contribution >= 0.6 is 0 Å². The molecule has 0 aromatic heterocycles. The van der Waals surface area contributed by atoms with Gasteiger partial charge in [-0.3, -0.25) is 10.1 Å². The smallest absolute Gasteiger partial charge is 0.394 e. The Balaban J connectivity index is 2.70. The predicted molar refractivity (Wildman–Crippen MR) is 63.9 cm³/mol. The van der Waals surface area contributed by atoms with Gasteiger partial charge in [-0.25, -0.2) is 0 Å². The molecule has 1 aromatic carbocycles. The van der Waals surface area contributed by atoms with Gasteiger partial charge in [0, 0.05) is 18.8 Å². The fourth-order valence-corrected chi connectivity index (χ4v) is 1.98. The van der Waals surface area contributed by atoms with Crippen LogP contribution in [0.4, 0.5) is 0 Å². The number of hydrazine groups is 1. The average Bonchev–Trinajstić information content (AvgIpc) is 2.53. The van der Waals surface area contributed by atoms with Crippen LogP contribution in [0.5, 0.6) is 0 Å². The van der Waals surface area contributed by atoms with Gasteiger partial charge in [-0.15, -0.1) is 0 Å². The Kier molecular flexibility index (Phi) is 2.54. The van der Waals surface area contributed by atoms with Gasteiger partial charge in [0.15, 0.2) is 0 Å². The summed E-state index contributed by atoms with van der Waals surface area (Å²) in [5.74, 6) is 0. The van der Waals surface area contributed by atoms with Crippen molar-refractivity contribution in [2.75, 3.05) is 0 Å². The van der Waals surface area contributed by atoms with E-state index in [9.17, 15) is 20.5 Å². The Morgan fingerprint density at radius 3 is 2.22 bits per heavy atom. The van der Waals surface area contributed by atoms with Crippen LogP contribution in [0.25, 0.3) is 0 Å². The van der Waals surface area contributed by atoms with E-state index < -0.39 is 10.5 Å². The van der Waals surface area contributed by atoms with Crippen molar-refractivity contribution in [1.82, 2.24) is 0 Å². The van der Waals surface area contributed by atoms with Gasteiger partial charge >= 0.3 is 17.0 Å². The van der Waals surface area contributed by atoms with Gasteiger partial charge in [0.2, 0.25) is 0 Å². The number of hydrogen-bond acceptors (Lipinski definition) is 4. The molecule has 0 bridgehead atoms. The first-order chi connectivity index (χ1) is 8.40. The van der Waals surface area contributed by atoms with Crippen molar-refractivity contribution >= 4 is 11.4 Å². The lowest BCUT2D eigenvalue weighted by atomic mass is 9.88. The highest BCUT2D eigenvalue weighted by atomic mass is 16.7. The molecule has 0 aliphatic carbocycles. The molecule has 1 atom stereocenters. The zero-order valence-electron chi connectivity index (χ0n) is 9.86. The summed E-state index contributed by atoms with van der Waals surface area (Å²) in [6.45, 7) is 2.55. The molecule has 0 N–H and O–H groups in total. The molecule has 0 saturated carbocycles. The molecule has 1 unspecified atom stereocenters. The third-order valence-corrected chi connectivity index (χ3v) is 3.22. The SMILES string of the molecule is CC1=[N+]([O-])[N+]([O-])=C(c2ccccc2)C1(C)[N+](=O)[O-]. The van der Waals surface area contributed by atoms with Crippen LogP contribution in [0.3, 0.4) is 0 Å². The summed E-state index contributed by atoms with van der Waals surface area (Å²) in [6.07, 6.45) is 0. The van der Waals surface area contributed by atoms with Gasteiger partial charge in [-0.05, 0) is 12.1 Å². The summed E-state index contributed by atoms with van der Waals surface area (Å²) in [7, 11) is 0. The highest BCUT2D eigenvalue weighted by Gasteiger charge is 2.65. The number of benzene rings is 1. The van der Waals surface area contributed by atoms with Crippen LogP contribution in [0, 0.1) is 20.5 Å². The molecule has 18 heavy (non-hydrogen) atoms.